The lowest BCUT2D eigenvalue weighted by Crippen LogP contribution is -2.23. The van der Waals surface area contributed by atoms with Crippen LogP contribution in [0.1, 0.15) is 38.5 Å². The third-order valence-corrected chi connectivity index (χ3v) is 4.64. The van der Waals surface area contributed by atoms with Crippen LogP contribution in [0.15, 0.2) is 24.8 Å². The van der Waals surface area contributed by atoms with E-state index in [4.69, 9.17) is 4.74 Å². The maximum absolute atomic E-state index is 5.23. The first-order valence-electron chi connectivity index (χ1n) is 7.13. The van der Waals surface area contributed by atoms with Gasteiger partial charge in [-0.25, -0.2) is 0 Å². The van der Waals surface area contributed by atoms with Gasteiger partial charge >= 0.3 is 0 Å². The van der Waals surface area contributed by atoms with E-state index in [0.717, 1.165) is 24.4 Å². The summed E-state index contributed by atoms with van der Waals surface area (Å²) in [6.07, 6.45) is 15.2. The Balaban J connectivity index is 1.80. The molecular formula is C16H26O. The minimum Gasteiger partial charge on any atom is -0.384 e. The zero-order valence-electron chi connectivity index (χ0n) is 11.1. The first kappa shape index (κ1) is 12.9. The van der Waals surface area contributed by atoms with Crippen LogP contribution < -0.4 is 0 Å². The molecule has 0 amide bonds. The second-order valence-electron chi connectivity index (χ2n) is 5.75. The molecule has 0 aromatic rings. The summed E-state index contributed by atoms with van der Waals surface area (Å²) in [7, 11) is 1.80. The van der Waals surface area contributed by atoms with Crippen LogP contribution in [0.4, 0.5) is 0 Å². The number of methoxy groups -OCH3 is 1. The van der Waals surface area contributed by atoms with Crippen LogP contribution in [-0.4, -0.2) is 13.7 Å². The maximum Gasteiger partial charge on any atom is 0.0525 e. The van der Waals surface area contributed by atoms with Gasteiger partial charge < -0.3 is 4.74 Å². The monoisotopic (exact) mass is 234 g/mol. The van der Waals surface area contributed by atoms with E-state index in [1.54, 1.807) is 7.11 Å². The van der Waals surface area contributed by atoms with E-state index in [0.29, 0.717) is 5.92 Å². The highest BCUT2D eigenvalue weighted by Crippen LogP contribution is 2.38. The third-order valence-electron chi connectivity index (χ3n) is 4.64. The topological polar surface area (TPSA) is 9.23 Å². The molecule has 2 rings (SSSR count). The molecular weight excluding hydrogens is 208 g/mol. The Hall–Kier alpha value is -0.560. The van der Waals surface area contributed by atoms with Crippen molar-refractivity contribution in [3.63, 3.8) is 0 Å². The number of hydrogen-bond donors (Lipinski definition) is 0. The van der Waals surface area contributed by atoms with Gasteiger partial charge in [-0.3, -0.25) is 0 Å². The van der Waals surface area contributed by atoms with Gasteiger partial charge in [-0.2, -0.15) is 0 Å². The van der Waals surface area contributed by atoms with Crippen molar-refractivity contribution in [3.05, 3.63) is 24.8 Å². The Kier molecular flexibility index (Phi) is 4.85. The second kappa shape index (κ2) is 6.39. The van der Waals surface area contributed by atoms with E-state index >= 15 is 0 Å². The smallest absolute Gasteiger partial charge is 0.0525 e. The Morgan fingerprint density at radius 1 is 1.12 bits per heavy atom. The van der Waals surface area contributed by atoms with E-state index in [1.807, 2.05) is 0 Å². The molecule has 2 aliphatic rings. The van der Waals surface area contributed by atoms with Gasteiger partial charge in [0.2, 0.25) is 0 Å². The predicted molar refractivity (Wildman–Crippen MR) is 72.9 cm³/mol. The molecule has 1 saturated carbocycles. The second-order valence-corrected chi connectivity index (χ2v) is 5.75. The highest BCUT2D eigenvalue weighted by molar-refractivity contribution is 5.01. The molecule has 0 aromatic heterocycles. The van der Waals surface area contributed by atoms with Crippen molar-refractivity contribution in [2.45, 2.75) is 38.5 Å². The van der Waals surface area contributed by atoms with Crippen LogP contribution in [-0.2, 0) is 4.74 Å². The van der Waals surface area contributed by atoms with Crippen LogP contribution in [0, 0.1) is 23.7 Å². The highest BCUT2D eigenvalue weighted by atomic mass is 16.5. The van der Waals surface area contributed by atoms with E-state index in [-0.39, 0.29) is 0 Å². The van der Waals surface area contributed by atoms with E-state index in [2.05, 4.69) is 24.8 Å². The summed E-state index contributed by atoms with van der Waals surface area (Å²) in [5.41, 5.74) is 0. The lowest BCUT2D eigenvalue weighted by Gasteiger charge is -2.34. The van der Waals surface area contributed by atoms with Crippen molar-refractivity contribution >= 4 is 0 Å². The minimum absolute atomic E-state index is 0.667. The average Bonchev–Trinajstić information content (AvgIpc) is 2.40. The molecule has 0 radical (unpaired) electrons. The first-order valence-corrected chi connectivity index (χ1v) is 7.13. The average molecular weight is 234 g/mol. The van der Waals surface area contributed by atoms with Crippen molar-refractivity contribution in [1.29, 1.82) is 0 Å². The Morgan fingerprint density at radius 3 is 2.41 bits per heavy atom. The summed E-state index contributed by atoms with van der Waals surface area (Å²) in [4.78, 5) is 0. The highest BCUT2D eigenvalue weighted by Gasteiger charge is 2.27. The molecule has 2 unspecified atom stereocenters. The molecule has 0 aromatic carbocycles. The van der Waals surface area contributed by atoms with Gasteiger partial charge in [0.1, 0.15) is 0 Å². The fourth-order valence-electron chi connectivity index (χ4n) is 3.45. The molecule has 0 aliphatic heterocycles. The van der Waals surface area contributed by atoms with Gasteiger partial charge in [0.15, 0.2) is 0 Å². The van der Waals surface area contributed by atoms with E-state index < -0.39 is 0 Å². The Labute approximate surface area is 106 Å². The molecule has 0 bridgehead atoms. The Morgan fingerprint density at radius 2 is 1.88 bits per heavy atom. The quantitative estimate of drug-likeness (QED) is 0.662. The van der Waals surface area contributed by atoms with Gasteiger partial charge in [-0.05, 0) is 56.3 Å². The number of rotatable bonds is 4. The lowest BCUT2D eigenvalue weighted by molar-refractivity contribution is 0.152. The van der Waals surface area contributed by atoms with Gasteiger partial charge in [0.25, 0.3) is 0 Å². The molecule has 0 heterocycles. The first-order chi connectivity index (χ1) is 8.33. The molecule has 17 heavy (non-hydrogen) atoms. The molecule has 1 heteroatoms. The zero-order valence-corrected chi connectivity index (χ0v) is 11.1. The van der Waals surface area contributed by atoms with Gasteiger partial charge in [0.05, 0.1) is 6.61 Å². The van der Waals surface area contributed by atoms with Crippen molar-refractivity contribution in [3.8, 4) is 0 Å². The van der Waals surface area contributed by atoms with Gasteiger partial charge in [-0.15, -0.1) is 6.58 Å². The molecule has 0 saturated heterocycles. The largest absolute Gasteiger partial charge is 0.384 e. The zero-order chi connectivity index (χ0) is 12.1. The molecule has 2 aliphatic carbocycles. The normalized spacial score (nSPS) is 37.9. The standard InChI is InChI=1S/C16H26O/c1-3-13-4-8-15(9-5-13)16-10-6-14(7-11-16)12-17-2/h3,6,10,13-16H,1,4-5,7-9,11-12H2,2H3. The molecule has 1 nitrogen and oxygen atoms in total. The summed E-state index contributed by atoms with van der Waals surface area (Å²) in [6, 6.07) is 0. The van der Waals surface area contributed by atoms with Crippen molar-refractivity contribution in [2.24, 2.45) is 23.7 Å². The molecule has 96 valence electrons. The summed E-state index contributed by atoms with van der Waals surface area (Å²) in [5, 5.41) is 0. The molecule has 1 fully saturated rings. The fraction of sp³-hybridized carbons (Fsp3) is 0.750. The summed E-state index contributed by atoms with van der Waals surface area (Å²) in [6.45, 7) is 4.82. The maximum atomic E-state index is 5.23. The van der Waals surface area contributed by atoms with Gasteiger partial charge in [-0.1, -0.05) is 18.2 Å². The van der Waals surface area contributed by atoms with Crippen molar-refractivity contribution < 1.29 is 4.74 Å². The minimum atomic E-state index is 0.667. The van der Waals surface area contributed by atoms with Crippen LogP contribution in [0.3, 0.4) is 0 Å². The third kappa shape index (κ3) is 3.45. The summed E-state index contributed by atoms with van der Waals surface area (Å²) >= 11 is 0. The van der Waals surface area contributed by atoms with Crippen LogP contribution in [0.5, 0.6) is 0 Å². The van der Waals surface area contributed by atoms with E-state index in [9.17, 15) is 0 Å². The van der Waals surface area contributed by atoms with Crippen molar-refractivity contribution in [2.75, 3.05) is 13.7 Å². The van der Waals surface area contributed by atoms with E-state index in [1.165, 1.54) is 38.5 Å². The lowest BCUT2D eigenvalue weighted by atomic mass is 9.72. The van der Waals surface area contributed by atoms with Crippen LogP contribution in [0.2, 0.25) is 0 Å². The molecule has 2 atom stereocenters. The van der Waals surface area contributed by atoms with Crippen LogP contribution in [0.25, 0.3) is 0 Å². The number of allylic oxidation sites excluding steroid dienone is 2. The SMILES string of the molecule is C=CC1CCC(C2C=CC(COC)CC2)CC1. The van der Waals surface area contributed by atoms with Crippen molar-refractivity contribution in [1.82, 2.24) is 0 Å². The predicted octanol–water partition coefficient (Wildman–Crippen LogP) is 4.21. The fourth-order valence-corrected chi connectivity index (χ4v) is 3.45. The molecule has 0 N–H and O–H groups in total. The van der Waals surface area contributed by atoms with Crippen LogP contribution >= 0.6 is 0 Å². The summed E-state index contributed by atoms with van der Waals surface area (Å²) < 4.78 is 5.23. The Bertz CT molecular complexity index is 261. The summed E-state index contributed by atoms with van der Waals surface area (Å²) in [5.74, 6) is 3.24. The number of ether oxygens (including phenoxy) is 1. The van der Waals surface area contributed by atoms with Gasteiger partial charge in [0, 0.05) is 13.0 Å². The number of hydrogen-bond acceptors (Lipinski definition) is 1. The molecule has 0 spiro atoms.